The van der Waals surface area contributed by atoms with Crippen LogP contribution in [-0.2, 0) is 4.74 Å². The number of aromatic nitrogens is 3. The Hall–Kier alpha value is -0.650. The van der Waals surface area contributed by atoms with E-state index in [1.54, 1.807) is 0 Å². The molecule has 1 fully saturated rings. The van der Waals surface area contributed by atoms with E-state index in [9.17, 15) is 0 Å². The highest BCUT2D eigenvalue weighted by atomic mass is 35.5. The van der Waals surface area contributed by atoms with Crippen molar-refractivity contribution in [3.05, 3.63) is 10.6 Å². The van der Waals surface area contributed by atoms with Crippen molar-refractivity contribution < 1.29 is 4.74 Å². The van der Waals surface area contributed by atoms with E-state index < -0.39 is 0 Å². The molecule has 0 aliphatic carbocycles. The van der Waals surface area contributed by atoms with E-state index >= 15 is 0 Å². The van der Waals surface area contributed by atoms with Gasteiger partial charge in [0.05, 0.1) is 12.1 Å². The van der Waals surface area contributed by atoms with Crippen molar-refractivity contribution in [2.45, 2.75) is 25.3 Å². The number of halogens is 2. The van der Waals surface area contributed by atoms with E-state index in [0.29, 0.717) is 12.6 Å². The third kappa shape index (κ3) is 2.93. The van der Waals surface area contributed by atoms with Gasteiger partial charge < -0.3 is 10.1 Å². The first kappa shape index (κ1) is 11.8. The molecule has 1 aliphatic heterocycles. The number of rotatable bonds is 2. The van der Waals surface area contributed by atoms with Gasteiger partial charge in [-0.2, -0.15) is 15.0 Å². The molecule has 5 nitrogen and oxygen atoms in total. The maximum absolute atomic E-state index is 5.70. The van der Waals surface area contributed by atoms with Crippen LogP contribution in [-0.4, -0.2) is 33.7 Å². The van der Waals surface area contributed by atoms with Crippen molar-refractivity contribution in [3.63, 3.8) is 0 Å². The summed E-state index contributed by atoms with van der Waals surface area (Å²) in [5.74, 6) is 0.387. The Balaban J connectivity index is 2.13. The van der Waals surface area contributed by atoms with Gasteiger partial charge in [-0.25, -0.2) is 0 Å². The zero-order chi connectivity index (χ0) is 11.6. The standard InChI is InChI=1S/C9H12Cl2N4O/c1-9(3-2-4-16-5-9)15-8-13-6(10)12-7(11)14-8/h2-5H2,1H3,(H,12,13,14,15). The van der Waals surface area contributed by atoms with Crippen LogP contribution >= 0.6 is 23.2 Å². The second-order valence-corrected chi connectivity index (χ2v) is 4.72. The number of hydrogen-bond donors (Lipinski definition) is 1. The van der Waals surface area contributed by atoms with Gasteiger partial charge in [0.25, 0.3) is 0 Å². The molecule has 0 bridgehead atoms. The van der Waals surface area contributed by atoms with E-state index in [1.807, 2.05) is 0 Å². The summed E-state index contributed by atoms with van der Waals surface area (Å²) in [6.07, 6.45) is 2.00. The summed E-state index contributed by atoms with van der Waals surface area (Å²) >= 11 is 11.4. The highest BCUT2D eigenvalue weighted by Crippen LogP contribution is 2.23. The van der Waals surface area contributed by atoms with Crippen LogP contribution in [0.4, 0.5) is 5.95 Å². The van der Waals surface area contributed by atoms with Gasteiger partial charge in [-0.05, 0) is 43.0 Å². The number of nitrogens with one attached hydrogen (secondary N) is 1. The zero-order valence-corrected chi connectivity index (χ0v) is 10.3. The first-order valence-electron chi connectivity index (χ1n) is 5.00. The van der Waals surface area contributed by atoms with E-state index in [0.717, 1.165) is 19.4 Å². The molecule has 0 radical (unpaired) electrons. The van der Waals surface area contributed by atoms with Crippen molar-refractivity contribution >= 4 is 29.2 Å². The monoisotopic (exact) mass is 262 g/mol. The fraction of sp³-hybridized carbons (Fsp3) is 0.667. The van der Waals surface area contributed by atoms with E-state index in [2.05, 4.69) is 27.2 Å². The number of anilines is 1. The molecule has 1 saturated heterocycles. The minimum absolute atomic E-state index is 0.0860. The lowest BCUT2D eigenvalue weighted by Crippen LogP contribution is -2.43. The van der Waals surface area contributed by atoms with Gasteiger partial charge in [0.2, 0.25) is 16.5 Å². The lowest BCUT2D eigenvalue weighted by Gasteiger charge is -2.34. The van der Waals surface area contributed by atoms with E-state index in [-0.39, 0.29) is 16.1 Å². The highest BCUT2D eigenvalue weighted by Gasteiger charge is 2.28. The van der Waals surface area contributed by atoms with Crippen LogP contribution < -0.4 is 5.32 Å². The third-order valence-electron chi connectivity index (χ3n) is 2.43. The van der Waals surface area contributed by atoms with Crippen LogP contribution in [0, 0.1) is 0 Å². The predicted octanol–water partition coefficient (Wildman–Crippen LogP) is 2.16. The molecule has 2 heterocycles. The van der Waals surface area contributed by atoms with Crippen molar-refractivity contribution in [1.82, 2.24) is 15.0 Å². The summed E-state index contributed by atoms with van der Waals surface area (Å²) in [5.41, 5.74) is -0.174. The summed E-state index contributed by atoms with van der Waals surface area (Å²) in [4.78, 5) is 11.6. The van der Waals surface area contributed by atoms with Gasteiger partial charge in [-0.15, -0.1) is 0 Å². The third-order valence-corrected chi connectivity index (χ3v) is 2.77. The first-order valence-corrected chi connectivity index (χ1v) is 5.76. The molecule has 2 rings (SSSR count). The minimum atomic E-state index is -0.174. The number of hydrogen-bond acceptors (Lipinski definition) is 5. The Morgan fingerprint density at radius 3 is 2.50 bits per heavy atom. The SMILES string of the molecule is CC1(Nc2nc(Cl)nc(Cl)n2)CCCOC1. The summed E-state index contributed by atoms with van der Waals surface area (Å²) in [6.45, 7) is 3.47. The molecular formula is C9H12Cl2N4O. The van der Waals surface area contributed by atoms with Crippen LogP contribution in [0.5, 0.6) is 0 Å². The smallest absolute Gasteiger partial charge is 0.228 e. The lowest BCUT2D eigenvalue weighted by molar-refractivity contribution is 0.0537. The fourth-order valence-electron chi connectivity index (χ4n) is 1.68. The van der Waals surface area contributed by atoms with Crippen LogP contribution in [0.3, 0.4) is 0 Å². The van der Waals surface area contributed by atoms with Gasteiger partial charge >= 0.3 is 0 Å². The molecule has 16 heavy (non-hydrogen) atoms. The predicted molar refractivity (Wildman–Crippen MR) is 61.9 cm³/mol. The Morgan fingerprint density at radius 2 is 1.94 bits per heavy atom. The van der Waals surface area contributed by atoms with Crippen LogP contribution in [0.25, 0.3) is 0 Å². The number of ether oxygens (including phenoxy) is 1. The molecule has 1 aliphatic rings. The Kier molecular flexibility index (Phi) is 3.47. The molecular weight excluding hydrogens is 251 g/mol. The lowest BCUT2D eigenvalue weighted by atomic mass is 9.95. The van der Waals surface area contributed by atoms with Crippen LogP contribution in [0.1, 0.15) is 19.8 Å². The van der Waals surface area contributed by atoms with Crippen molar-refractivity contribution in [3.8, 4) is 0 Å². The Labute approximate surface area is 104 Å². The first-order chi connectivity index (χ1) is 7.57. The largest absolute Gasteiger partial charge is 0.379 e. The van der Waals surface area contributed by atoms with Gasteiger partial charge in [-0.3, -0.25) is 0 Å². The molecule has 88 valence electrons. The fourth-order valence-corrected chi connectivity index (χ4v) is 2.05. The van der Waals surface area contributed by atoms with Crippen molar-refractivity contribution in [1.29, 1.82) is 0 Å². The molecule has 0 amide bonds. The van der Waals surface area contributed by atoms with Crippen molar-refractivity contribution in [2.24, 2.45) is 0 Å². The zero-order valence-electron chi connectivity index (χ0n) is 8.83. The van der Waals surface area contributed by atoms with Crippen LogP contribution in [0.15, 0.2) is 0 Å². The maximum Gasteiger partial charge on any atom is 0.228 e. The summed E-state index contributed by atoms with van der Waals surface area (Å²) in [5, 5.41) is 3.35. The number of nitrogens with zero attached hydrogens (tertiary/aromatic N) is 3. The normalized spacial score (nSPS) is 25.4. The maximum atomic E-state index is 5.70. The molecule has 0 saturated carbocycles. The molecule has 0 aromatic carbocycles. The molecule has 1 unspecified atom stereocenters. The van der Waals surface area contributed by atoms with E-state index in [4.69, 9.17) is 27.9 Å². The second-order valence-electron chi connectivity index (χ2n) is 4.04. The average Bonchev–Trinajstić information content (AvgIpc) is 2.15. The molecule has 0 spiro atoms. The van der Waals surface area contributed by atoms with E-state index in [1.165, 1.54) is 0 Å². The highest BCUT2D eigenvalue weighted by molar-refractivity contribution is 6.31. The molecule has 1 atom stereocenters. The average molecular weight is 263 g/mol. The Morgan fingerprint density at radius 1 is 1.25 bits per heavy atom. The second kappa shape index (κ2) is 4.69. The van der Waals surface area contributed by atoms with Gasteiger partial charge in [-0.1, -0.05) is 0 Å². The minimum Gasteiger partial charge on any atom is -0.379 e. The van der Waals surface area contributed by atoms with Crippen molar-refractivity contribution in [2.75, 3.05) is 18.5 Å². The Bertz CT molecular complexity index is 362. The molecule has 1 N–H and O–H groups in total. The molecule has 7 heteroatoms. The molecule has 1 aromatic heterocycles. The van der Waals surface area contributed by atoms with Gasteiger partial charge in [0, 0.05) is 6.61 Å². The summed E-state index contributed by atoms with van der Waals surface area (Å²) < 4.78 is 5.42. The van der Waals surface area contributed by atoms with Crippen LogP contribution in [0.2, 0.25) is 10.6 Å². The van der Waals surface area contributed by atoms with Gasteiger partial charge in [0.15, 0.2) is 0 Å². The topological polar surface area (TPSA) is 59.9 Å². The summed E-state index contributed by atoms with van der Waals surface area (Å²) in [7, 11) is 0. The summed E-state index contributed by atoms with van der Waals surface area (Å²) in [6, 6.07) is 0. The molecule has 1 aromatic rings. The van der Waals surface area contributed by atoms with Gasteiger partial charge in [0.1, 0.15) is 0 Å². The quantitative estimate of drug-likeness (QED) is 0.885.